The zero-order valence-corrected chi connectivity index (χ0v) is 15.4. The van der Waals surface area contributed by atoms with Gasteiger partial charge in [0.1, 0.15) is 5.60 Å². The molecule has 1 aromatic carbocycles. The molecule has 4 nitrogen and oxygen atoms in total. The van der Waals surface area contributed by atoms with Gasteiger partial charge in [-0.15, -0.1) is 0 Å². The van der Waals surface area contributed by atoms with Gasteiger partial charge in [-0.2, -0.15) is 0 Å². The summed E-state index contributed by atoms with van der Waals surface area (Å²) in [4.78, 5) is 13.5. The first kappa shape index (κ1) is 19.5. The Balaban J connectivity index is 2.39. The molecule has 0 fully saturated rings. The van der Waals surface area contributed by atoms with Crippen LogP contribution in [0.15, 0.2) is 30.3 Å². The van der Waals surface area contributed by atoms with Gasteiger partial charge >= 0.3 is 6.09 Å². The molecule has 0 saturated carbocycles. The van der Waals surface area contributed by atoms with Gasteiger partial charge in [0.25, 0.3) is 0 Å². The summed E-state index contributed by atoms with van der Waals surface area (Å²) in [6, 6.07) is 10.8. The van der Waals surface area contributed by atoms with Crippen molar-refractivity contribution in [2.75, 3.05) is 20.1 Å². The predicted octanol–water partition coefficient (Wildman–Crippen LogP) is 4.23. The van der Waals surface area contributed by atoms with Crippen molar-refractivity contribution in [2.24, 2.45) is 5.92 Å². The number of benzene rings is 1. The molecular formula is C19H32N2O2. The Bertz CT molecular complexity index is 466. The van der Waals surface area contributed by atoms with Crippen LogP contribution in [-0.2, 0) is 4.74 Å². The summed E-state index contributed by atoms with van der Waals surface area (Å²) in [5.41, 5.74) is 0.864. The third-order valence-electron chi connectivity index (χ3n) is 3.57. The van der Waals surface area contributed by atoms with Gasteiger partial charge in [0.05, 0.1) is 0 Å². The van der Waals surface area contributed by atoms with Crippen LogP contribution in [-0.4, -0.2) is 36.7 Å². The Labute approximate surface area is 141 Å². The zero-order chi connectivity index (χ0) is 17.5. The molecule has 0 heterocycles. The number of hydrogen-bond donors (Lipinski definition) is 1. The van der Waals surface area contributed by atoms with E-state index in [0.717, 1.165) is 13.0 Å². The number of amides is 1. The van der Waals surface area contributed by atoms with Gasteiger partial charge in [0.2, 0.25) is 0 Å². The van der Waals surface area contributed by atoms with E-state index in [2.05, 4.69) is 43.4 Å². The molecule has 0 spiro atoms. The van der Waals surface area contributed by atoms with Crippen molar-refractivity contribution in [3.8, 4) is 0 Å². The van der Waals surface area contributed by atoms with Gasteiger partial charge in [-0.3, -0.25) is 0 Å². The van der Waals surface area contributed by atoms with Crippen LogP contribution in [0.2, 0.25) is 0 Å². The van der Waals surface area contributed by atoms with E-state index in [-0.39, 0.29) is 6.09 Å². The molecule has 0 bridgehead atoms. The van der Waals surface area contributed by atoms with Gasteiger partial charge in [0, 0.05) is 19.6 Å². The minimum atomic E-state index is -0.445. The van der Waals surface area contributed by atoms with Crippen LogP contribution in [0.25, 0.3) is 0 Å². The standard InChI is InChI=1S/C19H32N2O2/c1-15(2)17(16-11-8-7-9-12-16)20-13-10-14-21(6)18(22)23-19(3,4)5/h7-9,11-12,15,17,20H,10,13-14H2,1-6H3. The molecular weight excluding hydrogens is 288 g/mol. The highest BCUT2D eigenvalue weighted by Gasteiger charge is 2.19. The summed E-state index contributed by atoms with van der Waals surface area (Å²) in [5.74, 6) is 0.515. The molecule has 1 unspecified atom stereocenters. The number of carbonyl (C=O) groups excluding carboxylic acids is 1. The third kappa shape index (κ3) is 7.51. The smallest absolute Gasteiger partial charge is 0.410 e. The monoisotopic (exact) mass is 320 g/mol. The van der Waals surface area contributed by atoms with Gasteiger partial charge in [-0.05, 0) is 45.2 Å². The molecule has 1 atom stereocenters. The normalized spacial score (nSPS) is 13.0. The Morgan fingerprint density at radius 1 is 1.22 bits per heavy atom. The molecule has 0 radical (unpaired) electrons. The maximum absolute atomic E-state index is 11.9. The Kier molecular flexibility index (Phi) is 7.56. The molecule has 0 aliphatic heterocycles. The highest BCUT2D eigenvalue weighted by atomic mass is 16.6. The second-order valence-corrected chi connectivity index (χ2v) is 7.34. The Morgan fingerprint density at radius 3 is 2.35 bits per heavy atom. The number of nitrogens with zero attached hydrogens (tertiary/aromatic N) is 1. The zero-order valence-electron chi connectivity index (χ0n) is 15.4. The molecule has 4 heteroatoms. The van der Waals surface area contributed by atoms with Crippen LogP contribution in [0.3, 0.4) is 0 Å². The van der Waals surface area contributed by atoms with Crippen molar-refractivity contribution in [1.82, 2.24) is 10.2 Å². The van der Waals surface area contributed by atoms with Crippen molar-refractivity contribution >= 4 is 6.09 Å². The van der Waals surface area contributed by atoms with Gasteiger partial charge in [-0.25, -0.2) is 4.79 Å². The number of carbonyl (C=O) groups is 1. The fourth-order valence-electron chi connectivity index (χ4n) is 2.40. The Hall–Kier alpha value is -1.55. The predicted molar refractivity (Wildman–Crippen MR) is 95.5 cm³/mol. The first-order valence-electron chi connectivity index (χ1n) is 8.43. The summed E-state index contributed by atoms with van der Waals surface area (Å²) in [7, 11) is 1.78. The maximum atomic E-state index is 11.9. The SMILES string of the molecule is CC(C)C(NCCCN(C)C(=O)OC(C)(C)C)c1ccccc1. The average Bonchev–Trinajstić information content (AvgIpc) is 2.45. The van der Waals surface area contributed by atoms with Crippen molar-refractivity contribution in [3.63, 3.8) is 0 Å². The largest absolute Gasteiger partial charge is 0.444 e. The molecule has 1 amide bonds. The van der Waals surface area contributed by atoms with Crippen molar-refractivity contribution in [2.45, 2.75) is 52.7 Å². The third-order valence-corrected chi connectivity index (χ3v) is 3.57. The quantitative estimate of drug-likeness (QED) is 0.764. The van der Waals surface area contributed by atoms with E-state index >= 15 is 0 Å². The van der Waals surface area contributed by atoms with E-state index in [4.69, 9.17) is 4.74 Å². The van der Waals surface area contributed by atoms with Gasteiger partial charge < -0.3 is 15.0 Å². The average molecular weight is 320 g/mol. The minimum absolute atomic E-state index is 0.263. The van der Waals surface area contributed by atoms with E-state index in [0.29, 0.717) is 18.5 Å². The summed E-state index contributed by atoms with van der Waals surface area (Å²) < 4.78 is 5.35. The van der Waals surface area contributed by atoms with E-state index in [1.165, 1.54) is 5.56 Å². The second-order valence-electron chi connectivity index (χ2n) is 7.34. The fourth-order valence-corrected chi connectivity index (χ4v) is 2.40. The van der Waals surface area contributed by atoms with Crippen LogP contribution in [0, 0.1) is 5.92 Å². The fraction of sp³-hybridized carbons (Fsp3) is 0.632. The van der Waals surface area contributed by atoms with E-state index in [1.807, 2.05) is 26.8 Å². The first-order valence-corrected chi connectivity index (χ1v) is 8.43. The molecule has 0 saturated heterocycles. The van der Waals surface area contributed by atoms with Crippen LogP contribution >= 0.6 is 0 Å². The molecule has 0 aromatic heterocycles. The Morgan fingerprint density at radius 2 is 1.83 bits per heavy atom. The lowest BCUT2D eigenvalue weighted by molar-refractivity contribution is 0.0297. The van der Waals surface area contributed by atoms with Crippen LogP contribution in [0.4, 0.5) is 4.79 Å². The molecule has 0 aliphatic carbocycles. The van der Waals surface area contributed by atoms with Gasteiger partial charge in [-0.1, -0.05) is 44.2 Å². The summed E-state index contributed by atoms with van der Waals surface area (Å²) in [6.07, 6.45) is 0.632. The summed E-state index contributed by atoms with van der Waals surface area (Å²) in [6.45, 7) is 11.6. The van der Waals surface area contributed by atoms with Crippen molar-refractivity contribution in [1.29, 1.82) is 0 Å². The molecule has 1 rings (SSSR count). The maximum Gasteiger partial charge on any atom is 0.410 e. The number of hydrogen-bond acceptors (Lipinski definition) is 3. The summed E-state index contributed by atoms with van der Waals surface area (Å²) in [5, 5.41) is 3.60. The number of rotatable bonds is 7. The highest BCUT2D eigenvalue weighted by Crippen LogP contribution is 2.21. The highest BCUT2D eigenvalue weighted by molar-refractivity contribution is 5.67. The first-order chi connectivity index (χ1) is 10.7. The molecule has 0 aliphatic rings. The number of ether oxygens (including phenoxy) is 1. The van der Waals surface area contributed by atoms with Gasteiger partial charge in [0.15, 0.2) is 0 Å². The van der Waals surface area contributed by atoms with Crippen LogP contribution in [0.5, 0.6) is 0 Å². The minimum Gasteiger partial charge on any atom is -0.444 e. The van der Waals surface area contributed by atoms with Crippen LogP contribution < -0.4 is 5.32 Å². The lowest BCUT2D eigenvalue weighted by atomic mass is 9.96. The topological polar surface area (TPSA) is 41.6 Å². The molecule has 1 aromatic rings. The van der Waals surface area contributed by atoms with Crippen molar-refractivity contribution in [3.05, 3.63) is 35.9 Å². The molecule has 23 heavy (non-hydrogen) atoms. The van der Waals surface area contributed by atoms with E-state index < -0.39 is 5.60 Å². The lowest BCUT2D eigenvalue weighted by Gasteiger charge is -2.26. The molecule has 130 valence electrons. The second kappa shape index (κ2) is 8.92. The van der Waals surface area contributed by atoms with E-state index in [9.17, 15) is 4.79 Å². The molecule has 1 N–H and O–H groups in total. The summed E-state index contributed by atoms with van der Waals surface area (Å²) >= 11 is 0. The van der Waals surface area contributed by atoms with Crippen molar-refractivity contribution < 1.29 is 9.53 Å². The van der Waals surface area contributed by atoms with E-state index in [1.54, 1.807) is 11.9 Å². The van der Waals surface area contributed by atoms with Crippen LogP contribution in [0.1, 0.15) is 52.6 Å². The number of nitrogens with one attached hydrogen (secondary N) is 1. The lowest BCUT2D eigenvalue weighted by Crippen LogP contribution is -2.36.